The summed E-state index contributed by atoms with van der Waals surface area (Å²) in [4.78, 5) is 3.32. The van der Waals surface area contributed by atoms with Crippen LogP contribution in [0.25, 0.3) is 10.8 Å². The quantitative estimate of drug-likeness (QED) is 0.409. The summed E-state index contributed by atoms with van der Waals surface area (Å²) in [7, 11) is -1.08. The van der Waals surface area contributed by atoms with E-state index in [4.69, 9.17) is 0 Å². The van der Waals surface area contributed by atoms with Gasteiger partial charge in [-0.15, -0.1) is 40.6 Å². The van der Waals surface area contributed by atoms with Crippen LogP contribution >= 0.6 is 11.8 Å². The van der Waals surface area contributed by atoms with E-state index in [0.29, 0.717) is 0 Å². The molecule has 0 bridgehead atoms. The minimum absolute atomic E-state index is 0. The van der Waals surface area contributed by atoms with Crippen LogP contribution in [0.1, 0.15) is 18.9 Å². The number of hydrogen-bond donors (Lipinski definition) is 0. The van der Waals surface area contributed by atoms with E-state index in [-0.39, 0.29) is 51.0 Å². The minimum atomic E-state index is -1.08. The van der Waals surface area contributed by atoms with Crippen molar-refractivity contribution >= 4 is 30.6 Å². The summed E-state index contributed by atoms with van der Waals surface area (Å²) in [6.07, 6.45) is 6.00. The monoisotopic (exact) mass is 495 g/mol. The molecule has 1 unspecified atom stereocenters. The molecule has 5 heteroatoms. The molecule has 1 fully saturated rings. The van der Waals surface area contributed by atoms with Gasteiger partial charge in [0.1, 0.15) is 8.07 Å². The van der Waals surface area contributed by atoms with Gasteiger partial charge >= 0.3 is 26.2 Å². The largest absolute Gasteiger partial charge is 3.00 e. The van der Waals surface area contributed by atoms with Crippen LogP contribution in [0.5, 0.6) is 0 Å². The van der Waals surface area contributed by atoms with Gasteiger partial charge in [-0.05, 0) is 16.2 Å². The third-order valence-corrected chi connectivity index (χ3v) is 10.7. The molecule has 0 amide bonds. The number of allylic oxidation sites excluding steroid dienone is 6. The molecule has 135 valence electrons. The Morgan fingerprint density at radius 2 is 1.81 bits per heavy atom. The fourth-order valence-corrected chi connectivity index (χ4v) is 9.99. The van der Waals surface area contributed by atoms with E-state index in [9.17, 15) is 0 Å². The molecule has 1 atom stereocenters. The molecule has 2 aromatic rings. The zero-order chi connectivity index (χ0) is 16.2. The predicted octanol–water partition coefficient (Wildman–Crippen LogP) is 0.510. The van der Waals surface area contributed by atoms with Crippen molar-refractivity contribution < 1.29 is 51.0 Å². The zero-order valence-corrected chi connectivity index (χ0v) is 21.4. The number of rotatable bonds is 1. The summed E-state index contributed by atoms with van der Waals surface area (Å²) in [5.41, 5.74) is 1.35. The summed E-state index contributed by atoms with van der Waals surface area (Å²) in [6.45, 7) is 9.43. The molecule has 0 saturated carbocycles. The first-order valence-corrected chi connectivity index (χ1v) is 12.3. The molecule has 26 heavy (non-hydrogen) atoms. The fraction of sp³-hybridized carbons (Fsp3) is 0.286. The van der Waals surface area contributed by atoms with Gasteiger partial charge in [-0.3, -0.25) is 0 Å². The van der Waals surface area contributed by atoms with Gasteiger partial charge in [-0.1, -0.05) is 67.3 Å². The Labute approximate surface area is 193 Å². The second-order valence-corrected chi connectivity index (χ2v) is 12.7. The van der Waals surface area contributed by atoms with Gasteiger partial charge < -0.3 is 24.8 Å². The first kappa shape index (κ1) is 24.1. The SMILES string of the molecule is CCC1=C2C3C(=CC=C3[Si]2(C)C)S1.Cc1cc2ccccc2[cH-]1.[Cl-].[Cl-].[Zr+3]. The number of aryl methyl sites for hydroxylation is 1. The maximum absolute atomic E-state index is 2.50. The van der Waals surface area contributed by atoms with Crippen LogP contribution < -0.4 is 24.8 Å². The number of halogens is 2. The number of hydrogen-bond acceptors (Lipinski definition) is 1. The summed E-state index contributed by atoms with van der Waals surface area (Å²) in [5, 5.41) is 6.34. The van der Waals surface area contributed by atoms with Gasteiger partial charge in [0, 0.05) is 5.92 Å². The van der Waals surface area contributed by atoms with Crippen LogP contribution in [-0.2, 0) is 26.2 Å². The first-order valence-electron chi connectivity index (χ1n) is 8.48. The molecular weight excluding hydrogens is 475 g/mol. The molecule has 0 aromatic heterocycles. The maximum atomic E-state index is 2.50. The average molecular weight is 498 g/mol. The van der Waals surface area contributed by atoms with E-state index in [2.05, 4.69) is 87.3 Å². The standard InChI is InChI=1S/C11H14SSi.C10H9.2ClH.Zr/c1-4-7-11-10-8(12-7)5-6-9(10)13(11,2)3;1-8-6-9-4-2-3-5-10(9)7-8;;;/h5-6,10H,4H2,1-3H3;2-7H,1H3;2*1H;/q;-1;;;+3/p-2. The van der Waals surface area contributed by atoms with Crippen LogP contribution in [0.15, 0.2) is 68.8 Å². The van der Waals surface area contributed by atoms with Crippen molar-refractivity contribution in [2.75, 3.05) is 0 Å². The number of benzene rings is 1. The molecular formula is C21H23Cl2SSiZr. The summed E-state index contributed by atoms with van der Waals surface area (Å²) in [6, 6.07) is 12.8. The van der Waals surface area contributed by atoms with Gasteiger partial charge in [0.2, 0.25) is 0 Å². The van der Waals surface area contributed by atoms with Gasteiger partial charge in [-0.2, -0.15) is 6.07 Å². The van der Waals surface area contributed by atoms with Crippen molar-refractivity contribution in [1.82, 2.24) is 0 Å². The molecule has 2 aliphatic heterocycles. The Balaban J connectivity index is 0.000000239. The topological polar surface area (TPSA) is 0 Å². The van der Waals surface area contributed by atoms with E-state index in [1.165, 1.54) is 22.8 Å². The molecule has 0 spiro atoms. The van der Waals surface area contributed by atoms with Crippen molar-refractivity contribution in [3.8, 4) is 0 Å². The third kappa shape index (κ3) is 3.80. The second-order valence-electron chi connectivity index (χ2n) is 7.20. The summed E-state index contributed by atoms with van der Waals surface area (Å²) >= 11 is 2.06. The molecule has 2 aromatic carbocycles. The van der Waals surface area contributed by atoms with Crippen LogP contribution in [0.4, 0.5) is 0 Å². The molecule has 0 N–H and O–H groups in total. The van der Waals surface area contributed by atoms with E-state index in [1.807, 2.05) is 5.20 Å². The molecule has 5 rings (SSSR count). The smallest absolute Gasteiger partial charge is 1.00 e. The van der Waals surface area contributed by atoms with Gasteiger partial charge in [-0.25, -0.2) is 0 Å². The predicted molar refractivity (Wildman–Crippen MR) is 106 cm³/mol. The Morgan fingerprint density at radius 3 is 2.46 bits per heavy atom. The molecule has 1 saturated heterocycles. The van der Waals surface area contributed by atoms with Crippen LogP contribution in [0, 0.1) is 12.8 Å². The molecule has 1 radical (unpaired) electrons. The van der Waals surface area contributed by atoms with Crippen LogP contribution in [0.3, 0.4) is 0 Å². The van der Waals surface area contributed by atoms with E-state index < -0.39 is 8.07 Å². The van der Waals surface area contributed by atoms with Crippen LogP contribution in [0.2, 0.25) is 13.1 Å². The molecule has 0 nitrogen and oxygen atoms in total. The third-order valence-electron chi connectivity index (χ3n) is 5.33. The van der Waals surface area contributed by atoms with Crippen molar-refractivity contribution in [3.63, 3.8) is 0 Å². The van der Waals surface area contributed by atoms with E-state index in [0.717, 1.165) is 5.92 Å². The maximum Gasteiger partial charge on any atom is 3.00 e. The fourth-order valence-electron chi connectivity index (χ4n) is 4.19. The van der Waals surface area contributed by atoms with Crippen LogP contribution in [-0.4, -0.2) is 8.07 Å². The van der Waals surface area contributed by atoms with Gasteiger partial charge in [0.25, 0.3) is 0 Å². The summed E-state index contributed by atoms with van der Waals surface area (Å²) in [5.74, 6) is 0.793. The average Bonchev–Trinajstić information content (AvgIpc) is 3.15. The van der Waals surface area contributed by atoms with Crippen molar-refractivity contribution in [2.24, 2.45) is 5.92 Å². The minimum Gasteiger partial charge on any atom is -1.00 e. The van der Waals surface area contributed by atoms with E-state index >= 15 is 0 Å². The van der Waals surface area contributed by atoms with Crippen molar-refractivity contribution in [2.45, 2.75) is 33.4 Å². The van der Waals surface area contributed by atoms with E-state index in [1.54, 1.807) is 15.0 Å². The molecule has 1 aliphatic carbocycles. The Morgan fingerprint density at radius 1 is 1.12 bits per heavy atom. The second kappa shape index (κ2) is 9.05. The van der Waals surface area contributed by atoms with Gasteiger partial charge in [0.15, 0.2) is 0 Å². The Kier molecular flexibility index (Phi) is 8.40. The molecule has 3 aliphatic rings. The first-order chi connectivity index (χ1) is 11.0. The Hall–Kier alpha value is 0.0800. The number of thioether (sulfide) groups is 1. The number of fused-ring (bicyclic) bond motifs is 1. The van der Waals surface area contributed by atoms with Gasteiger partial charge in [0.05, 0.1) is 0 Å². The van der Waals surface area contributed by atoms with Crippen molar-refractivity contribution in [3.05, 3.63) is 74.3 Å². The summed E-state index contributed by atoms with van der Waals surface area (Å²) < 4.78 is 0. The zero-order valence-electron chi connectivity index (χ0n) is 15.6. The van der Waals surface area contributed by atoms with Crippen molar-refractivity contribution in [1.29, 1.82) is 0 Å². The normalized spacial score (nSPS) is 20.4. The Bertz CT molecular complexity index is 859. The molecule has 2 heterocycles.